The highest BCUT2D eigenvalue weighted by Gasteiger charge is 2.24. The Labute approximate surface area is 171 Å². The minimum absolute atomic E-state index is 0.0192. The molecule has 1 unspecified atom stereocenters. The number of carbonyl (C=O) groups excluding carboxylic acids is 2. The summed E-state index contributed by atoms with van der Waals surface area (Å²) >= 11 is 6.12. The van der Waals surface area contributed by atoms with Gasteiger partial charge in [0.2, 0.25) is 5.91 Å². The smallest absolute Gasteiger partial charge is 0.321 e. The molecule has 6 heteroatoms. The van der Waals surface area contributed by atoms with Crippen LogP contribution in [0.15, 0.2) is 54.6 Å². The Balaban J connectivity index is 1.41. The summed E-state index contributed by atoms with van der Waals surface area (Å²) in [7, 11) is 0. The monoisotopic (exact) mass is 399 g/mol. The summed E-state index contributed by atoms with van der Waals surface area (Å²) in [5.74, 6) is 0.368. The SMILES string of the molecule is O=C(CCC1CCCN(C(=O)Nc2ccccc2)C1)NCc1ccccc1Cl. The molecule has 5 nitrogen and oxygen atoms in total. The normalized spacial score (nSPS) is 16.5. The first kappa shape index (κ1) is 20.2. The van der Waals surface area contributed by atoms with E-state index in [0.29, 0.717) is 30.5 Å². The van der Waals surface area contributed by atoms with Crippen molar-refractivity contribution in [2.24, 2.45) is 5.92 Å². The maximum Gasteiger partial charge on any atom is 0.321 e. The zero-order chi connectivity index (χ0) is 19.8. The molecule has 3 rings (SSSR count). The van der Waals surface area contributed by atoms with Gasteiger partial charge in [-0.3, -0.25) is 4.79 Å². The first-order chi connectivity index (χ1) is 13.6. The minimum atomic E-state index is -0.0703. The molecular formula is C22H26ClN3O2. The molecule has 0 radical (unpaired) electrons. The Morgan fingerprint density at radius 3 is 2.61 bits per heavy atom. The molecule has 2 N–H and O–H groups in total. The topological polar surface area (TPSA) is 61.4 Å². The van der Waals surface area contributed by atoms with Gasteiger partial charge in [0.25, 0.3) is 0 Å². The van der Waals surface area contributed by atoms with Crippen LogP contribution in [0.3, 0.4) is 0 Å². The van der Waals surface area contributed by atoms with Gasteiger partial charge in [-0.25, -0.2) is 4.79 Å². The van der Waals surface area contributed by atoms with E-state index < -0.39 is 0 Å². The lowest BCUT2D eigenvalue weighted by Gasteiger charge is -2.32. The molecule has 2 aromatic carbocycles. The van der Waals surface area contributed by atoms with Gasteiger partial charge in [-0.1, -0.05) is 48.0 Å². The minimum Gasteiger partial charge on any atom is -0.352 e. The standard InChI is InChI=1S/C22H26ClN3O2/c23-20-11-5-4-8-18(20)15-24-21(27)13-12-17-7-6-14-26(16-17)22(28)25-19-9-2-1-3-10-19/h1-5,8-11,17H,6-7,12-16H2,(H,24,27)(H,25,28). The quantitative estimate of drug-likeness (QED) is 0.740. The van der Waals surface area contributed by atoms with Crippen molar-refractivity contribution in [1.82, 2.24) is 10.2 Å². The Morgan fingerprint density at radius 2 is 1.82 bits per heavy atom. The zero-order valence-electron chi connectivity index (χ0n) is 15.9. The van der Waals surface area contributed by atoms with Crippen LogP contribution in [-0.4, -0.2) is 29.9 Å². The van der Waals surface area contributed by atoms with Gasteiger partial charge in [-0.05, 0) is 48.9 Å². The third kappa shape index (κ3) is 5.99. The van der Waals surface area contributed by atoms with Crippen LogP contribution >= 0.6 is 11.6 Å². The molecular weight excluding hydrogens is 374 g/mol. The third-order valence-corrected chi connectivity index (χ3v) is 5.41. The number of nitrogens with zero attached hydrogens (tertiary/aromatic N) is 1. The Kier molecular flexibility index (Phi) is 7.31. The molecule has 0 bridgehead atoms. The Morgan fingerprint density at radius 1 is 1.07 bits per heavy atom. The maximum absolute atomic E-state index is 12.5. The van der Waals surface area contributed by atoms with Crippen LogP contribution in [0.2, 0.25) is 5.02 Å². The summed E-state index contributed by atoms with van der Waals surface area (Å²) in [6, 6.07) is 16.9. The van der Waals surface area contributed by atoms with E-state index in [1.165, 1.54) is 0 Å². The summed E-state index contributed by atoms with van der Waals surface area (Å²) < 4.78 is 0. The average Bonchev–Trinajstić information content (AvgIpc) is 2.72. The Bertz CT molecular complexity index is 797. The van der Waals surface area contributed by atoms with Gasteiger partial charge in [0, 0.05) is 36.8 Å². The highest BCUT2D eigenvalue weighted by molar-refractivity contribution is 6.31. The number of likely N-dealkylation sites (tertiary alicyclic amines) is 1. The van der Waals surface area contributed by atoms with Gasteiger partial charge in [0.05, 0.1) is 0 Å². The first-order valence-corrected chi connectivity index (χ1v) is 10.1. The van der Waals surface area contributed by atoms with Crippen LogP contribution in [0.5, 0.6) is 0 Å². The summed E-state index contributed by atoms with van der Waals surface area (Å²) in [5, 5.41) is 6.53. The lowest BCUT2D eigenvalue weighted by atomic mass is 9.93. The number of urea groups is 1. The van der Waals surface area contributed by atoms with E-state index in [0.717, 1.165) is 37.1 Å². The summed E-state index contributed by atoms with van der Waals surface area (Å²) in [4.78, 5) is 26.5. The molecule has 1 fully saturated rings. The second-order valence-corrected chi connectivity index (χ2v) is 7.56. The molecule has 1 saturated heterocycles. The zero-order valence-corrected chi connectivity index (χ0v) is 16.6. The maximum atomic E-state index is 12.5. The number of piperidine rings is 1. The predicted molar refractivity (Wildman–Crippen MR) is 112 cm³/mol. The molecule has 0 aliphatic carbocycles. The van der Waals surface area contributed by atoms with Gasteiger partial charge in [-0.15, -0.1) is 0 Å². The largest absolute Gasteiger partial charge is 0.352 e. The fourth-order valence-electron chi connectivity index (χ4n) is 3.47. The van der Waals surface area contributed by atoms with Crippen molar-refractivity contribution in [2.45, 2.75) is 32.2 Å². The van der Waals surface area contributed by atoms with E-state index in [2.05, 4.69) is 10.6 Å². The fraction of sp³-hybridized carbons (Fsp3) is 0.364. The molecule has 2 aromatic rings. The predicted octanol–water partition coefficient (Wildman–Crippen LogP) is 4.68. The number of nitrogens with one attached hydrogen (secondary N) is 2. The molecule has 0 spiro atoms. The highest BCUT2D eigenvalue weighted by atomic mass is 35.5. The number of halogens is 1. The van der Waals surface area contributed by atoms with Crippen molar-refractivity contribution in [3.63, 3.8) is 0 Å². The fourth-order valence-corrected chi connectivity index (χ4v) is 3.67. The number of benzene rings is 2. The average molecular weight is 400 g/mol. The van der Waals surface area contributed by atoms with Crippen LogP contribution in [-0.2, 0) is 11.3 Å². The second kappa shape index (κ2) is 10.1. The van der Waals surface area contributed by atoms with Crippen molar-refractivity contribution in [2.75, 3.05) is 18.4 Å². The van der Waals surface area contributed by atoms with E-state index >= 15 is 0 Å². The number of carbonyl (C=O) groups is 2. The van der Waals surface area contributed by atoms with Crippen LogP contribution < -0.4 is 10.6 Å². The molecule has 28 heavy (non-hydrogen) atoms. The van der Waals surface area contributed by atoms with Crippen LogP contribution in [0.1, 0.15) is 31.2 Å². The summed E-state index contributed by atoms with van der Waals surface area (Å²) in [5.41, 5.74) is 1.72. The van der Waals surface area contributed by atoms with Gasteiger partial charge in [0.15, 0.2) is 0 Å². The van der Waals surface area contributed by atoms with E-state index in [-0.39, 0.29) is 11.9 Å². The van der Waals surface area contributed by atoms with Gasteiger partial charge >= 0.3 is 6.03 Å². The van der Waals surface area contributed by atoms with Gasteiger partial charge in [0.1, 0.15) is 0 Å². The lowest BCUT2D eigenvalue weighted by Crippen LogP contribution is -2.42. The van der Waals surface area contributed by atoms with Gasteiger partial charge in [-0.2, -0.15) is 0 Å². The lowest BCUT2D eigenvalue weighted by molar-refractivity contribution is -0.121. The van der Waals surface area contributed by atoms with Gasteiger partial charge < -0.3 is 15.5 Å². The van der Waals surface area contributed by atoms with Crippen LogP contribution in [0.25, 0.3) is 0 Å². The number of amides is 3. The number of rotatable bonds is 6. The van der Waals surface area contributed by atoms with E-state index in [9.17, 15) is 9.59 Å². The molecule has 1 heterocycles. The summed E-state index contributed by atoms with van der Waals surface area (Å²) in [6.07, 6.45) is 3.26. The highest BCUT2D eigenvalue weighted by Crippen LogP contribution is 2.22. The molecule has 0 aromatic heterocycles. The van der Waals surface area contributed by atoms with E-state index in [4.69, 9.17) is 11.6 Å². The van der Waals surface area contributed by atoms with Crippen LogP contribution in [0, 0.1) is 5.92 Å². The van der Waals surface area contributed by atoms with E-state index in [1.54, 1.807) is 0 Å². The number of anilines is 1. The third-order valence-electron chi connectivity index (χ3n) is 5.04. The second-order valence-electron chi connectivity index (χ2n) is 7.16. The Hall–Kier alpha value is -2.53. The van der Waals surface area contributed by atoms with Crippen molar-refractivity contribution in [3.8, 4) is 0 Å². The molecule has 148 valence electrons. The number of para-hydroxylation sites is 1. The molecule has 1 atom stereocenters. The molecule has 3 amide bonds. The van der Waals surface area contributed by atoms with E-state index in [1.807, 2.05) is 59.5 Å². The first-order valence-electron chi connectivity index (χ1n) is 9.73. The molecule has 1 aliphatic heterocycles. The van der Waals surface area contributed by atoms with Crippen molar-refractivity contribution < 1.29 is 9.59 Å². The molecule has 0 saturated carbocycles. The summed E-state index contributed by atoms with van der Waals surface area (Å²) in [6.45, 7) is 1.89. The van der Waals surface area contributed by atoms with Crippen LogP contribution in [0.4, 0.5) is 10.5 Å². The van der Waals surface area contributed by atoms with Crippen molar-refractivity contribution >= 4 is 29.2 Å². The van der Waals surface area contributed by atoms with Crippen molar-refractivity contribution in [1.29, 1.82) is 0 Å². The number of hydrogen-bond acceptors (Lipinski definition) is 2. The molecule has 1 aliphatic rings. The number of hydrogen-bond donors (Lipinski definition) is 2. The van der Waals surface area contributed by atoms with Crippen molar-refractivity contribution in [3.05, 3.63) is 65.2 Å².